The number of benzene rings is 1. The zero-order chi connectivity index (χ0) is 11.7. The van der Waals surface area contributed by atoms with E-state index >= 15 is 0 Å². The van der Waals surface area contributed by atoms with E-state index < -0.39 is 11.6 Å². The quantitative estimate of drug-likeness (QED) is 0.829. The van der Waals surface area contributed by atoms with Crippen molar-refractivity contribution in [3.8, 4) is 0 Å². The molecule has 1 aliphatic rings. The first kappa shape index (κ1) is 11.5. The Labute approximate surface area is 94.9 Å². The van der Waals surface area contributed by atoms with E-state index in [0.29, 0.717) is 11.8 Å². The summed E-state index contributed by atoms with van der Waals surface area (Å²) in [4.78, 5) is 0. The van der Waals surface area contributed by atoms with Gasteiger partial charge in [0.15, 0.2) is 0 Å². The van der Waals surface area contributed by atoms with Crippen LogP contribution in [0.3, 0.4) is 0 Å². The Morgan fingerprint density at radius 3 is 2.38 bits per heavy atom. The van der Waals surface area contributed by atoms with Gasteiger partial charge in [0.05, 0.1) is 0 Å². The van der Waals surface area contributed by atoms with Crippen LogP contribution in [0.15, 0.2) is 18.2 Å². The summed E-state index contributed by atoms with van der Waals surface area (Å²) in [6.45, 7) is 4.80. The van der Waals surface area contributed by atoms with Crippen molar-refractivity contribution in [1.29, 1.82) is 0 Å². The molecule has 0 heterocycles. The Balaban J connectivity index is 2.31. The van der Waals surface area contributed by atoms with E-state index in [2.05, 4.69) is 12.2 Å². The van der Waals surface area contributed by atoms with Gasteiger partial charge in [-0.15, -0.1) is 0 Å². The maximum atomic E-state index is 13.7. The Morgan fingerprint density at radius 2 is 1.94 bits per heavy atom. The first-order chi connectivity index (χ1) is 7.65. The maximum absolute atomic E-state index is 13.7. The van der Waals surface area contributed by atoms with E-state index in [4.69, 9.17) is 0 Å². The molecule has 3 unspecified atom stereocenters. The highest BCUT2D eigenvalue weighted by Crippen LogP contribution is 2.47. The van der Waals surface area contributed by atoms with Crippen LogP contribution in [0.25, 0.3) is 0 Å². The summed E-state index contributed by atoms with van der Waals surface area (Å²) < 4.78 is 27.3. The third kappa shape index (κ3) is 2.09. The van der Waals surface area contributed by atoms with Gasteiger partial charge in [0.2, 0.25) is 0 Å². The van der Waals surface area contributed by atoms with Crippen molar-refractivity contribution < 1.29 is 8.78 Å². The first-order valence-electron chi connectivity index (χ1n) is 5.82. The molecule has 1 aromatic carbocycles. The summed E-state index contributed by atoms with van der Waals surface area (Å²) in [7, 11) is 0. The van der Waals surface area contributed by atoms with Gasteiger partial charge in [-0.3, -0.25) is 0 Å². The average molecular weight is 225 g/mol. The van der Waals surface area contributed by atoms with Crippen LogP contribution in [0.5, 0.6) is 0 Å². The number of hydrogen-bond donors (Lipinski definition) is 1. The molecular weight excluding hydrogens is 208 g/mol. The molecule has 1 nitrogen and oxygen atoms in total. The fourth-order valence-electron chi connectivity index (χ4n) is 2.31. The molecule has 1 saturated carbocycles. The van der Waals surface area contributed by atoms with Gasteiger partial charge in [-0.05, 0) is 36.9 Å². The van der Waals surface area contributed by atoms with Gasteiger partial charge in [0.25, 0.3) is 0 Å². The lowest BCUT2D eigenvalue weighted by atomic mass is 10.00. The molecule has 2 rings (SSSR count). The van der Waals surface area contributed by atoms with Crippen molar-refractivity contribution >= 4 is 0 Å². The lowest BCUT2D eigenvalue weighted by Gasteiger charge is -2.19. The Hall–Kier alpha value is -0.960. The van der Waals surface area contributed by atoms with Gasteiger partial charge < -0.3 is 5.32 Å². The largest absolute Gasteiger partial charge is 0.310 e. The normalized spacial score (nSPS) is 25.5. The predicted molar refractivity (Wildman–Crippen MR) is 60.0 cm³/mol. The summed E-state index contributed by atoms with van der Waals surface area (Å²) in [5, 5.41) is 3.19. The molecule has 0 radical (unpaired) electrons. The SMILES string of the molecule is CCNC(c1c(F)cccc1F)C1CC1C. The molecule has 1 N–H and O–H groups in total. The molecule has 1 fully saturated rings. The molecule has 1 aliphatic carbocycles. The van der Waals surface area contributed by atoms with Crippen LogP contribution in [0, 0.1) is 23.5 Å². The zero-order valence-electron chi connectivity index (χ0n) is 9.63. The fourth-order valence-corrected chi connectivity index (χ4v) is 2.31. The van der Waals surface area contributed by atoms with Gasteiger partial charge in [0, 0.05) is 11.6 Å². The summed E-state index contributed by atoms with van der Waals surface area (Å²) in [5.74, 6) is 0.0458. The summed E-state index contributed by atoms with van der Waals surface area (Å²) in [6.07, 6.45) is 1.05. The maximum Gasteiger partial charge on any atom is 0.130 e. The fraction of sp³-hybridized carbons (Fsp3) is 0.538. The van der Waals surface area contributed by atoms with E-state index in [1.165, 1.54) is 18.2 Å². The monoisotopic (exact) mass is 225 g/mol. The second-order valence-electron chi connectivity index (χ2n) is 4.55. The van der Waals surface area contributed by atoms with E-state index in [9.17, 15) is 8.78 Å². The molecule has 1 aromatic rings. The van der Waals surface area contributed by atoms with Gasteiger partial charge in [0.1, 0.15) is 11.6 Å². The van der Waals surface area contributed by atoms with Crippen LogP contribution < -0.4 is 5.32 Å². The molecule has 0 aromatic heterocycles. The Morgan fingerprint density at radius 1 is 1.38 bits per heavy atom. The molecule has 16 heavy (non-hydrogen) atoms. The Bertz CT molecular complexity index is 358. The van der Waals surface area contributed by atoms with E-state index in [0.717, 1.165) is 13.0 Å². The minimum Gasteiger partial charge on any atom is -0.310 e. The number of nitrogens with one attached hydrogen (secondary N) is 1. The lowest BCUT2D eigenvalue weighted by molar-refractivity contribution is 0.428. The van der Waals surface area contributed by atoms with Gasteiger partial charge in [-0.2, -0.15) is 0 Å². The van der Waals surface area contributed by atoms with Crippen LogP contribution in [0.4, 0.5) is 8.78 Å². The minimum absolute atomic E-state index is 0.179. The van der Waals surface area contributed by atoms with Crippen LogP contribution >= 0.6 is 0 Å². The predicted octanol–water partition coefficient (Wildman–Crippen LogP) is 3.27. The molecule has 0 amide bonds. The molecule has 3 atom stereocenters. The minimum atomic E-state index is -0.440. The van der Waals surface area contributed by atoms with Crippen molar-refractivity contribution in [2.45, 2.75) is 26.3 Å². The van der Waals surface area contributed by atoms with Crippen molar-refractivity contribution in [2.75, 3.05) is 6.54 Å². The number of rotatable bonds is 4. The number of hydrogen-bond acceptors (Lipinski definition) is 1. The topological polar surface area (TPSA) is 12.0 Å². The first-order valence-corrected chi connectivity index (χ1v) is 5.82. The van der Waals surface area contributed by atoms with Crippen LogP contribution in [0.2, 0.25) is 0 Å². The van der Waals surface area contributed by atoms with Gasteiger partial charge in [-0.1, -0.05) is 19.9 Å². The molecule has 0 spiro atoms. The smallest absolute Gasteiger partial charge is 0.130 e. The average Bonchev–Trinajstić information content (AvgIpc) is 2.94. The summed E-state index contributed by atoms with van der Waals surface area (Å²) in [5.41, 5.74) is 0.207. The second kappa shape index (κ2) is 4.50. The molecule has 88 valence electrons. The third-order valence-electron chi connectivity index (χ3n) is 3.33. The molecule has 0 bridgehead atoms. The molecule has 0 aliphatic heterocycles. The van der Waals surface area contributed by atoms with Crippen molar-refractivity contribution in [3.05, 3.63) is 35.4 Å². The zero-order valence-corrected chi connectivity index (χ0v) is 9.63. The highest BCUT2D eigenvalue weighted by Gasteiger charge is 2.41. The van der Waals surface area contributed by atoms with Crippen LogP contribution in [0.1, 0.15) is 31.9 Å². The standard InChI is InChI=1S/C13H17F2N/c1-3-16-13(9-7-8(9)2)12-10(14)5-4-6-11(12)15/h4-6,8-9,13,16H,3,7H2,1-2H3. The van der Waals surface area contributed by atoms with Crippen molar-refractivity contribution in [1.82, 2.24) is 5.32 Å². The molecular formula is C13H17F2N. The molecule has 3 heteroatoms. The van der Waals surface area contributed by atoms with Gasteiger partial charge >= 0.3 is 0 Å². The highest BCUT2D eigenvalue weighted by molar-refractivity contribution is 5.25. The van der Waals surface area contributed by atoms with Crippen LogP contribution in [-0.4, -0.2) is 6.54 Å². The van der Waals surface area contributed by atoms with Gasteiger partial charge in [-0.25, -0.2) is 8.78 Å². The third-order valence-corrected chi connectivity index (χ3v) is 3.33. The van der Waals surface area contributed by atoms with E-state index in [1.54, 1.807) is 0 Å². The molecule has 0 saturated heterocycles. The second-order valence-corrected chi connectivity index (χ2v) is 4.55. The van der Waals surface area contributed by atoms with Crippen LogP contribution in [-0.2, 0) is 0 Å². The lowest BCUT2D eigenvalue weighted by Crippen LogP contribution is -2.25. The van der Waals surface area contributed by atoms with E-state index in [1.807, 2.05) is 6.92 Å². The highest BCUT2D eigenvalue weighted by atomic mass is 19.1. The summed E-state index contributed by atoms with van der Waals surface area (Å²) >= 11 is 0. The summed E-state index contributed by atoms with van der Waals surface area (Å²) in [6, 6.07) is 3.89. The van der Waals surface area contributed by atoms with Crippen molar-refractivity contribution in [2.24, 2.45) is 11.8 Å². The van der Waals surface area contributed by atoms with Crippen molar-refractivity contribution in [3.63, 3.8) is 0 Å². The Kier molecular flexibility index (Phi) is 3.24. The van der Waals surface area contributed by atoms with E-state index in [-0.39, 0.29) is 11.6 Å². The number of halogens is 2.